The molecule has 5 heteroatoms. The first-order valence-corrected chi connectivity index (χ1v) is 7.58. The molecule has 2 atom stereocenters. The highest BCUT2D eigenvalue weighted by molar-refractivity contribution is 7.99. The second kappa shape index (κ2) is 6.28. The van der Waals surface area contributed by atoms with Crippen LogP contribution in [0.25, 0.3) is 0 Å². The first-order valence-electron chi connectivity index (χ1n) is 6.59. The summed E-state index contributed by atoms with van der Waals surface area (Å²) in [6.45, 7) is 3.98. The molecule has 0 saturated heterocycles. The molecule has 0 bridgehead atoms. The van der Waals surface area contributed by atoms with Gasteiger partial charge in [-0.1, -0.05) is 6.92 Å². The maximum absolute atomic E-state index is 13.3. The van der Waals surface area contributed by atoms with Crippen LogP contribution in [0.15, 0.2) is 23.1 Å². The molecule has 104 valence electrons. The summed E-state index contributed by atoms with van der Waals surface area (Å²) in [6, 6.07) is 4.64. The van der Waals surface area contributed by atoms with Gasteiger partial charge in [0.15, 0.2) is 0 Å². The molecule has 1 aliphatic heterocycles. The van der Waals surface area contributed by atoms with Crippen molar-refractivity contribution >= 4 is 17.8 Å². The van der Waals surface area contributed by atoms with Crippen molar-refractivity contribution in [3.8, 4) is 0 Å². The van der Waals surface area contributed by atoms with Crippen LogP contribution in [0.4, 0.5) is 9.18 Å². The van der Waals surface area contributed by atoms with Crippen molar-refractivity contribution in [2.75, 3.05) is 5.75 Å². The first-order chi connectivity index (χ1) is 9.10. The van der Waals surface area contributed by atoms with Gasteiger partial charge >= 0.3 is 6.03 Å². The molecule has 0 aromatic heterocycles. The SMILES string of the molecule is CCC(C)NC(=O)NC1CCSc2ccc(F)cc21. The lowest BCUT2D eigenvalue weighted by Crippen LogP contribution is -2.42. The third-order valence-electron chi connectivity index (χ3n) is 3.31. The zero-order valence-electron chi connectivity index (χ0n) is 11.2. The Labute approximate surface area is 117 Å². The lowest BCUT2D eigenvalue weighted by molar-refractivity contribution is 0.233. The van der Waals surface area contributed by atoms with E-state index in [9.17, 15) is 9.18 Å². The number of amides is 2. The Morgan fingerprint density at radius 2 is 2.37 bits per heavy atom. The van der Waals surface area contributed by atoms with Gasteiger partial charge in [0.25, 0.3) is 0 Å². The molecule has 0 radical (unpaired) electrons. The standard InChI is InChI=1S/C14H19FN2OS/c1-3-9(2)16-14(18)17-12-6-7-19-13-5-4-10(15)8-11(12)13/h4-5,8-9,12H,3,6-7H2,1-2H3,(H2,16,17,18). The van der Waals surface area contributed by atoms with E-state index in [2.05, 4.69) is 10.6 Å². The number of benzene rings is 1. The number of carbonyl (C=O) groups is 1. The quantitative estimate of drug-likeness (QED) is 0.891. The van der Waals surface area contributed by atoms with Crippen LogP contribution >= 0.6 is 11.8 Å². The summed E-state index contributed by atoms with van der Waals surface area (Å²) in [5.41, 5.74) is 0.885. The molecule has 0 spiro atoms. The average Bonchev–Trinajstić information content (AvgIpc) is 2.39. The average molecular weight is 282 g/mol. The molecule has 0 fully saturated rings. The Kier molecular flexibility index (Phi) is 4.69. The van der Waals surface area contributed by atoms with Crippen LogP contribution in [0, 0.1) is 5.82 Å². The van der Waals surface area contributed by atoms with E-state index >= 15 is 0 Å². The Bertz CT molecular complexity index is 467. The number of nitrogens with one attached hydrogen (secondary N) is 2. The van der Waals surface area contributed by atoms with Crippen molar-refractivity contribution < 1.29 is 9.18 Å². The summed E-state index contributed by atoms with van der Waals surface area (Å²) in [5, 5.41) is 5.81. The zero-order chi connectivity index (χ0) is 13.8. The predicted molar refractivity (Wildman–Crippen MR) is 75.9 cm³/mol. The molecular formula is C14H19FN2OS. The molecule has 0 aliphatic carbocycles. The molecule has 1 aromatic rings. The van der Waals surface area contributed by atoms with Gasteiger partial charge < -0.3 is 10.6 Å². The highest BCUT2D eigenvalue weighted by atomic mass is 32.2. The molecule has 2 amide bonds. The van der Waals surface area contributed by atoms with Gasteiger partial charge in [0, 0.05) is 16.7 Å². The number of carbonyl (C=O) groups excluding carboxylic acids is 1. The Hall–Kier alpha value is -1.23. The van der Waals surface area contributed by atoms with Crippen LogP contribution < -0.4 is 10.6 Å². The molecule has 1 aliphatic rings. The number of hydrogen-bond acceptors (Lipinski definition) is 2. The predicted octanol–water partition coefficient (Wildman–Crippen LogP) is 3.46. The minimum absolute atomic E-state index is 0.101. The van der Waals surface area contributed by atoms with Crippen LogP contribution in [-0.4, -0.2) is 17.8 Å². The fourth-order valence-electron chi connectivity index (χ4n) is 2.04. The number of urea groups is 1. The Morgan fingerprint density at radius 3 is 3.11 bits per heavy atom. The number of fused-ring (bicyclic) bond motifs is 1. The highest BCUT2D eigenvalue weighted by Gasteiger charge is 2.23. The van der Waals surface area contributed by atoms with Gasteiger partial charge in [-0.15, -0.1) is 11.8 Å². The van der Waals surface area contributed by atoms with Gasteiger partial charge in [-0.3, -0.25) is 0 Å². The minimum Gasteiger partial charge on any atom is -0.336 e. The number of halogens is 1. The van der Waals surface area contributed by atoms with E-state index in [4.69, 9.17) is 0 Å². The van der Waals surface area contributed by atoms with Crippen LogP contribution in [0.1, 0.15) is 38.3 Å². The van der Waals surface area contributed by atoms with Crippen molar-refractivity contribution in [1.82, 2.24) is 10.6 Å². The van der Waals surface area contributed by atoms with E-state index < -0.39 is 0 Å². The van der Waals surface area contributed by atoms with E-state index in [0.717, 1.165) is 29.1 Å². The summed E-state index contributed by atoms with van der Waals surface area (Å²) in [5.74, 6) is 0.683. The third-order valence-corrected chi connectivity index (χ3v) is 4.43. The van der Waals surface area contributed by atoms with E-state index in [-0.39, 0.29) is 23.9 Å². The molecule has 19 heavy (non-hydrogen) atoms. The molecule has 1 heterocycles. The maximum Gasteiger partial charge on any atom is 0.315 e. The number of thioether (sulfide) groups is 1. The first kappa shape index (κ1) is 14.2. The third kappa shape index (κ3) is 3.62. The van der Waals surface area contributed by atoms with Crippen molar-refractivity contribution in [2.45, 2.75) is 43.7 Å². The largest absolute Gasteiger partial charge is 0.336 e. The molecule has 2 rings (SSSR count). The smallest absolute Gasteiger partial charge is 0.315 e. The Balaban J connectivity index is 2.07. The summed E-state index contributed by atoms with van der Waals surface area (Å²) >= 11 is 1.71. The maximum atomic E-state index is 13.3. The van der Waals surface area contributed by atoms with Crippen LogP contribution in [0.2, 0.25) is 0 Å². The molecule has 3 nitrogen and oxygen atoms in total. The number of hydrogen-bond donors (Lipinski definition) is 2. The summed E-state index contributed by atoms with van der Waals surface area (Å²) < 4.78 is 13.3. The van der Waals surface area contributed by atoms with E-state index in [1.54, 1.807) is 17.8 Å². The topological polar surface area (TPSA) is 41.1 Å². The number of rotatable bonds is 3. The van der Waals surface area contributed by atoms with Crippen molar-refractivity contribution in [2.24, 2.45) is 0 Å². The highest BCUT2D eigenvalue weighted by Crippen LogP contribution is 2.36. The normalized spacial score (nSPS) is 19.4. The van der Waals surface area contributed by atoms with Gasteiger partial charge in [-0.2, -0.15) is 0 Å². The Morgan fingerprint density at radius 1 is 1.58 bits per heavy atom. The lowest BCUT2D eigenvalue weighted by atomic mass is 10.0. The summed E-state index contributed by atoms with van der Waals surface area (Å²) in [6.07, 6.45) is 1.72. The van der Waals surface area contributed by atoms with Crippen molar-refractivity contribution in [1.29, 1.82) is 0 Å². The van der Waals surface area contributed by atoms with Crippen LogP contribution in [0.5, 0.6) is 0 Å². The molecule has 0 saturated carbocycles. The molecule has 2 N–H and O–H groups in total. The van der Waals surface area contributed by atoms with E-state index in [1.807, 2.05) is 13.8 Å². The van der Waals surface area contributed by atoms with Gasteiger partial charge in [-0.25, -0.2) is 9.18 Å². The summed E-state index contributed by atoms with van der Waals surface area (Å²) in [7, 11) is 0. The van der Waals surface area contributed by atoms with Gasteiger partial charge in [-0.05, 0) is 43.5 Å². The van der Waals surface area contributed by atoms with Gasteiger partial charge in [0.1, 0.15) is 5.82 Å². The van der Waals surface area contributed by atoms with E-state index in [0.29, 0.717) is 0 Å². The van der Waals surface area contributed by atoms with Crippen molar-refractivity contribution in [3.63, 3.8) is 0 Å². The van der Waals surface area contributed by atoms with Crippen molar-refractivity contribution in [3.05, 3.63) is 29.6 Å². The monoisotopic (exact) mass is 282 g/mol. The fourth-order valence-corrected chi connectivity index (χ4v) is 3.15. The molecule has 1 aromatic carbocycles. The van der Waals surface area contributed by atoms with E-state index in [1.165, 1.54) is 12.1 Å². The molecular weight excluding hydrogens is 263 g/mol. The van der Waals surface area contributed by atoms with Crippen LogP contribution in [0.3, 0.4) is 0 Å². The second-order valence-corrected chi connectivity index (χ2v) is 5.94. The second-order valence-electron chi connectivity index (χ2n) is 4.80. The minimum atomic E-state index is -0.254. The van der Waals surface area contributed by atoms with Crippen LogP contribution in [-0.2, 0) is 0 Å². The van der Waals surface area contributed by atoms with Gasteiger partial charge in [0.05, 0.1) is 6.04 Å². The fraction of sp³-hybridized carbons (Fsp3) is 0.500. The lowest BCUT2D eigenvalue weighted by Gasteiger charge is -2.26. The zero-order valence-corrected chi connectivity index (χ0v) is 12.0. The van der Waals surface area contributed by atoms with Gasteiger partial charge in [0.2, 0.25) is 0 Å². The summed E-state index contributed by atoms with van der Waals surface area (Å²) in [4.78, 5) is 12.9. The molecule has 2 unspecified atom stereocenters.